The Balaban J connectivity index is 2.09. The lowest BCUT2D eigenvalue weighted by atomic mass is 10.1. The Kier molecular flexibility index (Phi) is 1.81. The van der Waals surface area contributed by atoms with E-state index < -0.39 is 0 Å². The highest BCUT2D eigenvalue weighted by molar-refractivity contribution is 7.13. The number of hydrogen-bond acceptors (Lipinski definition) is 2. The Morgan fingerprint density at radius 1 is 1.21 bits per heavy atom. The molecule has 0 aliphatic carbocycles. The van der Waals surface area contributed by atoms with E-state index in [2.05, 4.69) is 41.0 Å². The van der Waals surface area contributed by atoms with Crippen LogP contribution in [0.1, 0.15) is 5.56 Å². The fraction of sp³-hybridized carbons (Fsp3) is 0.167. The number of thiophene rings is 1. The molecule has 0 bridgehead atoms. The van der Waals surface area contributed by atoms with Gasteiger partial charge in [-0.05, 0) is 41.1 Å². The van der Waals surface area contributed by atoms with Gasteiger partial charge in [0.05, 0.1) is 0 Å². The predicted molar refractivity (Wildman–Crippen MR) is 61.9 cm³/mol. The van der Waals surface area contributed by atoms with Crippen molar-refractivity contribution in [3.8, 4) is 10.4 Å². The quantitative estimate of drug-likeness (QED) is 0.745. The van der Waals surface area contributed by atoms with E-state index in [4.69, 9.17) is 0 Å². The number of hydrogen-bond donors (Lipinski definition) is 1. The van der Waals surface area contributed by atoms with E-state index in [9.17, 15) is 0 Å². The molecule has 0 saturated heterocycles. The van der Waals surface area contributed by atoms with Crippen LogP contribution in [0.2, 0.25) is 0 Å². The van der Waals surface area contributed by atoms with E-state index in [-0.39, 0.29) is 0 Å². The highest BCUT2D eigenvalue weighted by Gasteiger charge is 2.10. The third kappa shape index (κ3) is 1.23. The maximum Gasteiger partial charge on any atom is 0.0373 e. The highest BCUT2D eigenvalue weighted by atomic mass is 32.1. The molecular formula is C12H11NS. The van der Waals surface area contributed by atoms with E-state index in [1.165, 1.54) is 21.7 Å². The van der Waals surface area contributed by atoms with Gasteiger partial charge in [0.15, 0.2) is 0 Å². The van der Waals surface area contributed by atoms with E-state index in [0.29, 0.717) is 0 Å². The fourth-order valence-corrected chi connectivity index (χ4v) is 2.62. The highest BCUT2D eigenvalue weighted by Crippen LogP contribution is 2.30. The molecule has 0 unspecified atom stereocenters. The summed E-state index contributed by atoms with van der Waals surface area (Å²) in [7, 11) is 0. The van der Waals surface area contributed by atoms with Gasteiger partial charge in [-0.15, -0.1) is 11.3 Å². The summed E-state index contributed by atoms with van der Waals surface area (Å²) in [6.45, 7) is 1.09. The summed E-state index contributed by atoms with van der Waals surface area (Å²) in [4.78, 5) is 1.36. The molecule has 0 atom stereocenters. The van der Waals surface area contributed by atoms with Crippen molar-refractivity contribution < 1.29 is 0 Å². The second kappa shape index (κ2) is 3.14. The van der Waals surface area contributed by atoms with Crippen LogP contribution in [0.5, 0.6) is 0 Å². The molecule has 1 aromatic heterocycles. The summed E-state index contributed by atoms with van der Waals surface area (Å²) in [5.74, 6) is 0. The maximum absolute atomic E-state index is 3.38. The SMILES string of the molecule is c1csc(-c2ccc3c(c2)CCN3)c1. The monoisotopic (exact) mass is 201 g/mol. The van der Waals surface area contributed by atoms with Gasteiger partial charge in [0.1, 0.15) is 0 Å². The Morgan fingerprint density at radius 2 is 2.21 bits per heavy atom. The number of benzene rings is 1. The van der Waals surface area contributed by atoms with Gasteiger partial charge >= 0.3 is 0 Å². The average molecular weight is 201 g/mol. The molecule has 2 heterocycles. The van der Waals surface area contributed by atoms with Gasteiger partial charge in [0, 0.05) is 17.1 Å². The van der Waals surface area contributed by atoms with E-state index in [1.807, 2.05) is 0 Å². The number of nitrogens with one attached hydrogen (secondary N) is 1. The molecule has 0 saturated carbocycles. The second-order valence-corrected chi connectivity index (χ2v) is 4.47. The lowest BCUT2D eigenvalue weighted by molar-refractivity contribution is 1.11. The predicted octanol–water partition coefficient (Wildman–Crippen LogP) is 3.38. The minimum absolute atomic E-state index is 1.09. The molecule has 2 aromatic rings. The summed E-state index contributed by atoms with van der Waals surface area (Å²) >= 11 is 1.80. The van der Waals surface area contributed by atoms with E-state index >= 15 is 0 Å². The molecule has 0 spiro atoms. The number of fused-ring (bicyclic) bond motifs is 1. The lowest BCUT2D eigenvalue weighted by Crippen LogP contribution is -1.90. The fourth-order valence-electron chi connectivity index (χ4n) is 1.90. The largest absolute Gasteiger partial charge is 0.384 e. The zero-order valence-corrected chi connectivity index (χ0v) is 8.60. The van der Waals surface area contributed by atoms with Crippen molar-refractivity contribution in [3.05, 3.63) is 41.3 Å². The first-order valence-corrected chi connectivity index (χ1v) is 5.72. The lowest BCUT2D eigenvalue weighted by Gasteiger charge is -2.02. The summed E-state index contributed by atoms with van der Waals surface area (Å²) in [6, 6.07) is 11.0. The van der Waals surface area contributed by atoms with Crippen LogP contribution >= 0.6 is 11.3 Å². The Bertz CT molecular complexity index is 445. The van der Waals surface area contributed by atoms with Gasteiger partial charge in [-0.1, -0.05) is 12.1 Å². The second-order valence-electron chi connectivity index (χ2n) is 3.53. The van der Waals surface area contributed by atoms with Crippen molar-refractivity contribution in [2.75, 3.05) is 11.9 Å². The Labute approximate surface area is 87.4 Å². The van der Waals surface area contributed by atoms with Crippen LogP contribution < -0.4 is 5.32 Å². The van der Waals surface area contributed by atoms with Crippen molar-refractivity contribution in [1.29, 1.82) is 0 Å². The molecule has 1 N–H and O–H groups in total. The average Bonchev–Trinajstić information content (AvgIpc) is 2.88. The van der Waals surface area contributed by atoms with Crippen LogP contribution in [0, 0.1) is 0 Å². The van der Waals surface area contributed by atoms with Gasteiger partial charge in [0.25, 0.3) is 0 Å². The van der Waals surface area contributed by atoms with Gasteiger partial charge in [-0.25, -0.2) is 0 Å². The van der Waals surface area contributed by atoms with E-state index in [0.717, 1.165) is 13.0 Å². The molecule has 1 aliphatic rings. The summed E-state index contributed by atoms with van der Waals surface area (Å²) in [6.07, 6.45) is 1.16. The Morgan fingerprint density at radius 3 is 3.07 bits per heavy atom. The zero-order valence-electron chi connectivity index (χ0n) is 7.79. The molecule has 14 heavy (non-hydrogen) atoms. The molecule has 70 valence electrons. The van der Waals surface area contributed by atoms with Crippen molar-refractivity contribution in [3.63, 3.8) is 0 Å². The van der Waals surface area contributed by atoms with Gasteiger partial charge in [-0.2, -0.15) is 0 Å². The topological polar surface area (TPSA) is 12.0 Å². The van der Waals surface area contributed by atoms with Crippen molar-refractivity contribution in [2.45, 2.75) is 6.42 Å². The smallest absolute Gasteiger partial charge is 0.0373 e. The molecule has 1 aromatic carbocycles. The van der Waals surface area contributed by atoms with Crippen molar-refractivity contribution >= 4 is 17.0 Å². The molecular weight excluding hydrogens is 190 g/mol. The maximum atomic E-state index is 3.38. The van der Waals surface area contributed by atoms with Crippen LogP contribution in [-0.2, 0) is 6.42 Å². The van der Waals surface area contributed by atoms with Crippen LogP contribution in [0.4, 0.5) is 5.69 Å². The third-order valence-electron chi connectivity index (χ3n) is 2.62. The van der Waals surface area contributed by atoms with Crippen LogP contribution in [0.3, 0.4) is 0 Å². The Hall–Kier alpha value is -1.28. The molecule has 0 fully saturated rings. The van der Waals surface area contributed by atoms with Crippen molar-refractivity contribution in [1.82, 2.24) is 0 Å². The zero-order chi connectivity index (χ0) is 9.38. The first-order chi connectivity index (χ1) is 6.93. The minimum atomic E-state index is 1.09. The molecule has 3 rings (SSSR count). The van der Waals surface area contributed by atoms with Gasteiger partial charge < -0.3 is 5.32 Å². The van der Waals surface area contributed by atoms with Crippen LogP contribution in [-0.4, -0.2) is 6.54 Å². The molecule has 2 heteroatoms. The number of anilines is 1. The first-order valence-electron chi connectivity index (χ1n) is 4.84. The van der Waals surface area contributed by atoms with Gasteiger partial charge in [-0.3, -0.25) is 0 Å². The minimum Gasteiger partial charge on any atom is -0.384 e. The summed E-state index contributed by atoms with van der Waals surface area (Å²) in [5.41, 5.74) is 4.11. The molecule has 1 aliphatic heterocycles. The standard InChI is InChI=1S/C12H11NS/c1-2-12(14-7-1)10-3-4-11-9(8-10)5-6-13-11/h1-4,7-8,13H,5-6H2. The summed E-state index contributed by atoms with van der Waals surface area (Å²) in [5, 5.41) is 5.50. The van der Waals surface area contributed by atoms with Crippen LogP contribution in [0.25, 0.3) is 10.4 Å². The number of rotatable bonds is 1. The normalized spacial score (nSPS) is 13.7. The third-order valence-corrected chi connectivity index (χ3v) is 3.54. The van der Waals surface area contributed by atoms with Crippen LogP contribution in [0.15, 0.2) is 35.7 Å². The van der Waals surface area contributed by atoms with E-state index in [1.54, 1.807) is 11.3 Å². The summed E-state index contributed by atoms with van der Waals surface area (Å²) < 4.78 is 0. The van der Waals surface area contributed by atoms with Gasteiger partial charge in [0.2, 0.25) is 0 Å². The first kappa shape index (κ1) is 8.06. The molecule has 0 radical (unpaired) electrons. The van der Waals surface area contributed by atoms with Crippen molar-refractivity contribution in [2.24, 2.45) is 0 Å². The molecule has 0 amide bonds. The molecule has 1 nitrogen and oxygen atoms in total.